The van der Waals surface area contributed by atoms with Crippen LogP contribution in [0.5, 0.6) is 0 Å². The van der Waals surface area contributed by atoms with E-state index in [2.05, 4.69) is 71.6 Å². The number of hydrogen-bond donors (Lipinski definition) is 2. The lowest BCUT2D eigenvalue weighted by Gasteiger charge is -2.21. The summed E-state index contributed by atoms with van der Waals surface area (Å²) in [7, 11) is 1.82. The second-order valence-corrected chi connectivity index (χ2v) is 7.31. The van der Waals surface area contributed by atoms with E-state index in [1.165, 1.54) is 5.56 Å². The minimum absolute atomic E-state index is 0.432. The van der Waals surface area contributed by atoms with Gasteiger partial charge in [0.15, 0.2) is 5.96 Å². The molecule has 0 aromatic heterocycles. The highest BCUT2D eigenvalue weighted by atomic mass is 16.5. The Labute approximate surface area is 152 Å². The molecule has 1 heterocycles. The molecule has 2 rings (SSSR count). The average Bonchev–Trinajstić information content (AvgIpc) is 2.93. The fourth-order valence-electron chi connectivity index (χ4n) is 3.19. The number of likely N-dealkylation sites (tertiary alicyclic amines) is 1. The zero-order valence-corrected chi connectivity index (χ0v) is 16.2. The van der Waals surface area contributed by atoms with Crippen LogP contribution < -0.4 is 10.6 Å². The van der Waals surface area contributed by atoms with Gasteiger partial charge in [0.25, 0.3) is 0 Å². The van der Waals surface area contributed by atoms with Crippen molar-refractivity contribution in [2.75, 3.05) is 33.4 Å². The van der Waals surface area contributed by atoms with E-state index in [4.69, 9.17) is 4.74 Å². The van der Waals surface area contributed by atoms with E-state index >= 15 is 0 Å². The van der Waals surface area contributed by atoms with E-state index < -0.39 is 0 Å². The van der Waals surface area contributed by atoms with Gasteiger partial charge in [-0.05, 0) is 24.8 Å². The van der Waals surface area contributed by atoms with Gasteiger partial charge in [-0.2, -0.15) is 0 Å². The van der Waals surface area contributed by atoms with Crippen LogP contribution in [-0.2, 0) is 11.3 Å². The Morgan fingerprint density at radius 2 is 2.08 bits per heavy atom. The first kappa shape index (κ1) is 19.7. The molecular formula is C20H34N4O. The maximum absolute atomic E-state index is 5.61. The first-order valence-corrected chi connectivity index (χ1v) is 9.41. The molecule has 1 aromatic carbocycles. The van der Waals surface area contributed by atoms with Crippen molar-refractivity contribution in [3.05, 3.63) is 35.9 Å². The van der Waals surface area contributed by atoms with E-state index in [1.54, 1.807) is 0 Å². The van der Waals surface area contributed by atoms with Gasteiger partial charge in [-0.3, -0.25) is 9.89 Å². The van der Waals surface area contributed by atoms with Crippen LogP contribution >= 0.6 is 0 Å². The Morgan fingerprint density at radius 1 is 1.32 bits per heavy atom. The molecule has 1 aromatic rings. The molecule has 1 saturated heterocycles. The van der Waals surface area contributed by atoms with Crippen LogP contribution in [0.3, 0.4) is 0 Å². The van der Waals surface area contributed by atoms with Gasteiger partial charge in [0.2, 0.25) is 0 Å². The molecule has 1 aliphatic rings. The van der Waals surface area contributed by atoms with E-state index in [0.29, 0.717) is 24.6 Å². The van der Waals surface area contributed by atoms with Gasteiger partial charge in [0.05, 0.1) is 6.61 Å². The predicted molar refractivity (Wildman–Crippen MR) is 105 cm³/mol. The fourth-order valence-corrected chi connectivity index (χ4v) is 3.19. The van der Waals surface area contributed by atoms with Crippen molar-refractivity contribution in [3.8, 4) is 0 Å². The first-order valence-electron chi connectivity index (χ1n) is 9.41. The number of nitrogens with one attached hydrogen (secondary N) is 2. The summed E-state index contributed by atoms with van der Waals surface area (Å²) >= 11 is 0. The van der Waals surface area contributed by atoms with Gasteiger partial charge < -0.3 is 15.4 Å². The molecule has 0 spiro atoms. The van der Waals surface area contributed by atoms with Crippen LogP contribution in [0.4, 0.5) is 0 Å². The molecule has 25 heavy (non-hydrogen) atoms. The predicted octanol–water partition coefficient (Wildman–Crippen LogP) is 2.49. The van der Waals surface area contributed by atoms with Crippen LogP contribution in [0.15, 0.2) is 35.3 Å². The van der Waals surface area contributed by atoms with Gasteiger partial charge in [-0.1, -0.05) is 44.2 Å². The molecule has 1 fully saturated rings. The second-order valence-electron chi connectivity index (χ2n) is 7.31. The fraction of sp³-hybridized carbons (Fsp3) is 0.650. The molecule has 5 heteroatoms. The smallest absolute Gasteiger partial charge is 0.191 e. The summed E-state index contributed by atoms with van der Waals surface area (Å²) in [5.74, 6) is 1.44. The van der Waals surface area contributed by atoms with Crippen molar-refractivity contribution in [3.63, 3.8) is 0 Å². The Morgan fingerprint density at radius 3 is 2.76 bits per heavy atom. The van der Waals surface area contributed by atoms with Crippen molar-refractivity contribution in [2.45, 2.75) is 45.8 Å². The monoisotopic (exact) mass is 346 g/mol. The molecule has 0 amide bonds. The first-order chi connectivity index (χ1) is 12.1. The van der Waals surface area contributed by atoms with Gasteiger partial charge >= 0.3 is 0 Å². The maximum atomic E-state index is 5.61. The summed E-state index contributed by atoms with van der Waals surface area (Å²) in [5, 5.41) is 6.90. The summed E-state index contributed by atoms with van der Waals surface area (Å²) in [5.41, 5.74) is 1.37. The Bertz CT molecular complexity index is 518. The summed E-state index contributed by atoms with van der Waals surface area (Å²) in [6.07, 6.45) is 1.14. The Kier molecular flexibility index (Phi) is 8.22. The molecule has 2 unspecified atom stereocenters. The van der Waals surface area contributed by atoms with Crippen LogP contribution in [0.1, 0.15) is 32.8 Å². The van der Waals surface area contributed by atoms with E-state index in [-0.39, 0.29) is 0 Å². The summed E-state index contributed by atoms with van der Waals surface area (Å²) < 4.78 is 5.61. The third-order valence-corrected chi connectivity index (χ3v) is 4.49. The molecule has 140 valence electrons. The van der Waals surface area contributed by atoms with Gasteiger partial charge in [-0.15, -0.1) is 0 Å². The maximum Gasteiger partial charge on any atom is 0.191 e. The molecular weight excluding hydrogens is 312 g/mol. The third kappa shape index (κ3) is 7.04. The second kappa shape index (κ2) is 10.4. The Hall–Kier alpha value is -1.59. The summed E-state index contributed by atoms with van der Waals surface area (Å²) in [6, 6.07) is 11.7. The van der Waals surface area contributed by atoms with Crippen molar-refractivity contribution in [2.24, 2.45) is 10.9 Å². The molecule has 0 bridgehead atoms. The number of benzene rings is 1. The molecule has 2 atom stereocenters. The number of ether oxygens (including phenoxy) is 1. The highest BCUT2D eigenvalue weighted by Gasteiger charge is 2.29. The number of guanidine groups is 1. The SMILES string of the molecule is CN=C(NCCOCC(C)C)NC1CC(C)N(Cc2ccccc2)C1. The number of hydrogen-bond acceptors (Lipinski definition) is 3. The molecule has 1 aliphatic heterocycles. The lowest BCUT2D eigenvalue weighted by Crippen LogP contribution is -2.45. The van der Waals surface area contributed by atoms with Crippen molar-refractivity contribution < 1.29 is 4.74 Å². The highest BCUT2D eigenvalue weighted by Crippen LogP contribution is 2.20. The van der Waals surface area contributed by atoms with Crippen LogP contribution in [-0.4, -0.2) is 56.3 Å². The van der Waals surface area contributed by atoms with E-state index in [9.17, 15) is 0 Å². The quantitative estimate of drug-likeness (QED) is 0.431. The van der Waals surface area contributed by atoms with Crippen LogP contribution in [0.2, 0.25) is 0 Å². The Balaban J connectivity index is 1.72. The zero-order valence-electron chi connectivity index (χ0n) is 16.2. The molecule has 2 N–H and O–H groups in total. The average molecular weight is 347 g/mol. The van der Waals surface area contributed by atoms with Gasteiger partial charge in [0.1, 0.15) is 0 Å². The van der Waals surface area contributed by atoms with E-state index in [0.717, 1.165) is 38.6 Å². The number of rotatable bonds is 8. The van der Waals surface area contributed by atoms with Crippen molar-refractivity contribution in [1.29, 1.82) is 0 Å². The molecule has 0 radical (unpaired) electrons. The van der Waals surface area contributed by atoms with Crippen molar-refractivity contribution in [1.82, 2.24) is 15.5 Å². The van der Waals surface area contributed by atoms with Crippen molar-refractivity contribution >= 4 is 5.96 Å². The highest BCUT2D eigenvalue weighted by molar-refractivity contribution is 5.80. The lowest BCUT2D eigenvalue weighted by atomic mass is 10.2. The van der Waals surface area contributed by atoms with Gasteiger partial charge in [0, 0.05) is 45.4 Å². The topological polar surface area (TPSA) is 48.9 Å². The molecule has 0 saturated carbocycles. The zero-order chi connectivity index (χ0) is 18.1. The minimum Gasteiger partial charge on any atom is -0.379 e. The molecule has 0 aliphatic carbocycles. The standard InChI is InChI=1S/C20H34N4O/c1-16(2)15-25-11-10-22-20(21-4)23-19-12-17(3)24(14-19)13-18-8-6-5-7-9-18/h5-9,16-17,19H,10-15H2,1-4H3,(H2,21,22,23). The summed E-state index contributed by atoms with van der Waals surface area (Å²) in [6.45, 7) is 11.0. The minimum atomic E-state index is 0.432. The molecule has 5 nitrogen and oxygen atoms in total. The lowest BCUT2D eigenvalue weighted by molar-refractivity contribution is 0.114. The normalized spacial score (nSPS) is 21.7. The largest absolute Gasteiger partial charge is 0.379 e. The van der Waals surface area contributed by atoms with Gasteiger partial charge in [-0.25, -0.2) is 0 Å². The summed E-state index contributed by atoms with van der Waals surface area (Å²) in [4.78, 5) is 6.87. The number of aliphatic imine (C=N–C) groups is 1. The van der Waals surface area contributed by atoms with Crippen LogP contribution in [0, 0.1) is 5.92 Å². The third-order valence-electron chi connectivity index (χ3n) is 4.49. The number of nitrogens with zero attached hydrogens (tertiary/aromatic N) is 2. The van der Waals surface area contributed by atoms with E-state index in [1.807, 2.05) is 7.05 Å². The van der Waals surface area contributed by atoms with Crippen LogP contribution in [0.25, 0.3) is 0 Å².